The Morgan fingerprint density at radius 2 is 1.95 bits per heavy atom. The lowest BCUT2D eigenvalue weighted by molar-refractivity contribution is -0.155. The van der Waals surface area contributed by atoms with Gasteiger partial charge in [0.15, 0.2) is 17.1 Å². The number of carboxylic acids is 1. The molecule has 1 aromatic carbocycles. The fourth-order valence-corrected chi connectivity index (χ4v) is 1.49. The predicted octanol–water partition coefficient (Wildman–Crippen LogP) is 0.269. The van der Waals surface area contributed by atoms with Gasteiger partial charge in [0.1, 0.15) is 0 Å². The number of methoxy groups -OCH3 is 2. The second-order valence-corrected chi connectivity index (χ2v) is 4.30. The topological polar surface area (TPSA) is 105 Å². The van der Waals surface area contributed by atoms with Crippen molar-refractivity contribution in [2.75, 3.05) is 20.8 Å². The summed E-state index contributed by atoms with van der Waals surface area (Å²) in [4.78, 5) is 22.8. The molecule has 1 amide bonds. The summed E-state index contributed by atoms with van der Waals surface area (Å²) in [6.07, 6.45) is 0. The Bertz CT molecular complexity index is 512. The summed E-state index contributed by atoms with van der Waals surface area (Å²) in [6.45, 7) is 0.667. The molecule has 0 aliphatic rings. The van der Waals surface area contributed by atoms with Gasteiger partial charge in [0.25, 0.3) is 5.91 Å². The van der Waals surface area contributed by atoms with Gasteiger partial charge in [0, 0.05) is 0 Å². The molecule has 0 spiro atoms. The summed E-state index contributed by atoms with van der Waals surface area (Å²) >= 11 is 0. The highest BCUT2D eigenvalue weighted by atomic mass is 16.5. The van der Waals surface area contributed by atoms with E-state index in [4.69, 9.17) is 14.6 Å². The molecule has 0 saturated heterocycles. The van der Waals surface area contributed by atoms with Crippen LogP contribution in [0.3, 0.4) is 0 Å². The number of nitrogens with one attached hydrogen (secondary N) is 1. The van der Waals surface area contributed by atoms with E-state index in [1.807, 2.05) is 0 Å². The molecule has 3 N–H and O–H groups in total. The Balaban J connectivity index is 2.91. The third-order valence-electron chi connectivity index (χ3n) is 2.70. The first-order valence-electron chi connectivity index (χ1n) is 5.78. The molecule has 7 nitrogen and oxygen atoms in total. The van der Waals surface area contributed by atoms with Crippen molar-refractivity contribution < 1.29 is 29.3 Å². The van der Waals surface area contributed by atoms with Crippen LogP contribution in [0.1, 0.15) is 17.3 Å². The van der Waals surface area contributed by atoms with Crippen molar-refractivity contribution >= 4 is 11.9 Å². The lowest BCUT2D eigenvalue weighted by atomic mass is 10.1. The van der Waals surface area contributed by atoms with Crippen molar-refractivity contribution in [3.05, 3.63) is 23.8 Å². The molecule has 110 valence electrons. The number of ether oxygens (including phenoxy) is 2. The first-order valence-corrected chi connectivity index (χ1v) is 5.78. The largest absolute Gasteiger partial charge is 0.493 e. The molecule has 0 aliphatic heterocycles. The maximum atomic E-state index is 12.0. The maximum Gasteiger partial charge on any atom is 0.337 e. The smallest absolute Gasteiger partial charge is 0.337 e. The number of hydrogen-bond donors (Lipinski definition) is 3. The molecular weight excluding hydrogens is 266 g/mol. The predicted molar refractivity (Wildman–Crippen MR) is 70.1 cm³/mol. The van der Waals surface area contributed by atoms with Gasteiger partial charge in [-0.05, 0) is 19.1 Å². The van der Waals surface area contributed by atoms with Crippen LogP contribution in [-0.2, 0) is 4.79 Å². The number of carboxylic acid groups (broad SMARTS) is 1. The lowest BCUT2D eigenvalue weighted by Crippen LogP contribution is -2.46. The number of aliphatic carboxylic acids is 1. The molecule has 0 saturated carbocycles. The summed E-state index contributed by atoms with van der Waals surface area (Å²) in [6, 6.07) is 4.74. The van der Waals surface area contributed by atoms with Crippen molar-refractivity contribution in [2.24, 2.45) is 0 Å². The minimum atomic E-state index is -2.04. The Kier molecular flexibility index (Phi) is 4.93. The highest BCUT2D eigenvalue weighted by Crippen LogP contribution is 2.30. The summed E-state index contributed by atoms with van der Waals surface area (Å²) in [5, 5.41) is 20.6. The third-order valence-corrected chi connectivity index (χ3v) is 2.70. The molecule has 1 atom stereocenters. The maximum absolute atomic E-state index is 12.0. The van der Waals surface area contributed by atoms with Crippen molar-refractivity contribution in [2.45, 2.75) is 12.5 Å². The number of carbonyl (C=O) groups is 2. The number of hydrogen-bond acceptors (Lipinski definition) is 5. The molecule has 0 aliphatic carbocycles. The molecule has 1 rings (SSSR count). The number of rotatable bonds is 6. The summed E-state index contributed by atoms with van der Waals surface area (Å²) in [7, 11) is 2.83. The van der Waals surface area contributed by atoms with Crippen LogP contribution in [0.4, 0.5) is 0 Å². The van der Waals surface area contributed by atoms with Crippen LogP contribution in [0, 0.1) is 0 Å². The first-order chi connectivity index (χ1) is 9.33. The van der Waals surface area contributed by atoms with Gasteiger partial charge in [0.2, 0.25) is 0 Å². The molecule has 1 aromatic rings. The highest BCUT2D eigenvalue weighted by Gasteiger charge is 2.30. The molecule has 0 fully saturated rings. The van der Waals surface area contributed by atoms with Crippen LogP contribution >= 0.6 is 0 Å². The standard InChI is InChI=1S/C13H17NO6/c1-13(18,12(16)17)7-14-11(15)8-5-4-6-9(19-2)10(8)20-3/h4-6,18H,7H2,1-3H3,(H,14,15)(H,16,17). The average molecular weight is 283 g/mol. The van der Waals surface area contributed by atoms with Crippen LogP contribution < -0.4 is 14.8 Å². The molecule has 0 heterocycles. The zero-order chi connectivity index (χ0) is 15.3. The first kappa shape index (κ1) is 15.8. The van der Waals surface area contributed by atoms with Crippen LogP contribution in [-0.4, -0.2) is 48.5 Å². The second kappa shape index (κ2) is 6.25. The SMILES string of the molecule is COc1cccc(C(=O)NCC(C)(O)C(=O)O)c1OC. The van der Waals surface area contributed by atoms with Crippen LogP contribution in [0.15, 0.2) is 18.2 Å². The van der Waals surface area contributed by atoms with Crippen molar-refractivity contribution in [1.29, 1.82) is 0 Å². The Morgan fingerprint density at radius 3 is 2.45 bits per heavy atom. The minimum absolute atomic E-state index is 0.188. The van der Waals surface area contributed by atoms with E-state index in [0.717, 1.165) is 6.92 Å². The molecule has 0 bridgehead atoms. The second-order valence-electron chi connectivity index (χ2n) is 4.30. The Hall–Kier alpha value is -2.28. The highest BCUT2D eigenvalue weighted by molar-refractivity contribution is 5.98. The minimum Gasteiger partial charge on any atom is -0.493 e. The summed E-state index contributed by atoms with van der Waals surface area (Å²) < 4.78 is 10.2. The molecule has 0 aromatic heterocycles. The van der Waals surface area contributed by atoms with Crippen LogP contribution in [0.2, 0.25) is 0 Å². The van der Waals surface area contributed by atoms with Gasteiger partial charge in [-0.3, -0.25) is 4.79 Å². The molecule has 1 unspecified atom stereocenters. The van der Waals surface area contributed by atoms with E-state index in [1.54, 1.807) is 12.1 Å². The molecule has 20 heavy (non-hydrogen) atoms. The van der Waals surface area contributed by atoms with E-state index in [0.29, 0.717) is 5.75 Å². The van der Waals surface area contributed by atoms with Gasteiger partial charge in [0.05, 0.1) is 26.3 Å². The molecular formula is C13H17NO6. The van der Waals surface area contributed by atoms with E-state index in [9.17, 15) is 14.7 Å². The normalized spacial score (nSPS) is 13.2. The Morgan fingerprint density at radius 1 is 1.30 bits per heavy atom. The van der Waals surface area contributed by atoms with Crippen LogP contribution in [0.5, 0.6) is 11.5 Å². The van der Waals surface area contributed by atoms with Crippen molar-refractivity contribution in [3.63, 3.8) is 0 Å². The number of amides is 1. The van der Waals surface area contributed by atoms with E-state index < -0.39 is 24.0 Å². The molecule has 0 radical (unpaired) electrons. The Labute approximate surface area is 116 Å². The van der Waals surface area contributed by atoms with E-state index >= 15 is 0 Å². The van der Waals surface area contributed by atoms with Crippen LogP contribution in [0.25, 0.3) is 0 Å². The lowest BCUT2D eigenvalue weighted by Gasteiger charge is -2.19. The summed E-state index contributed by atoms with van der Waals surface area (Å²) in [5.41, 5.74) is -1.85. The van der Waals surface area contributed by atoms with Gasteiger partial charge >= 0.3 is 5.97 Å². The van der Waals surface area contributed by atoms with E-state index in [1.165, 1.54) is 20.3 Å². The zero-order valence-corrected chi connectivity index (χ0v) is 11.5. The van der Waals surface area contributed by atoms with E-state index in [-0.39, 0.29) is 11.3 Å². The molecule has 7 heteroatoms. The number of para-hydroxylation sites is 1. The number of benzene rings is 1. The number of carbonyl (C=O) groups excluding carboxylic acids is 1. The number of aliphatic hydroxyl groups is 1. The average Bonchev–Trinajstić information content (AvgIpc) is 2.43. The van der Waals surface area contributed by atoms with Crippen molar-refractivity contribution in [3.8, 4) is 11.5 Å². The fraction of sp³-hybridized carbons (Fsp3) is 0.385. The van der Waals surface area contributed by atoms with Gasteiger partial charge < -0.3 is 25.0 Å². The quantitative estimate of drug-likeness (QED) is 0.692. The zero-order valence-electron chi connectivity index (χ0n) is 11.5. The third kappa shape index (κ3) is 3.39. The van der Waals surface area contributed by atoms with Crippen molar-refractivity contribution in [1.82, 2.24) is 5.32 Å². The van der Waals surface area contributed by atoms with E-state index in [2.05, 4.69) is 5.32 Å². The van der Waals surface area contributed by atoms with Gasteiger partial charge in [-0.1, -0.05) is 6.07 Å². The van der Waals surface area contributed by atoms with Gasteiger partial charge in [-0.25, -0.2) is 4.79 Å². The fourth-order valence-electron chi connectivity index (χ4n) is 1.49. The summed E-state index contributed by atoms with van der Waals surface area (Å²) in [5.74, 6) is -1.37. The van der Waals surface area contributed by atoms with Gasteiger partial charge in [-0.15, -0.1) is 0 Å². The van der Waals surface area contributed by atoms with Gasteiger partial charge in [-0.2, -0.15) is 0 Å². The monoisotopic (exact) mass is 283 g/mol.